The first-order valence-electron chi connectivity index (χ1n) is 4.75. The number of hydrogen-bond acceptors (Lipinski definition) is 2. The Bertz CT molecular complexity index is 432. The van der Waals surface area contributed by atoms with Gasteiger partial charge in [0.1, 0.15) is 0 Å². The molecule has 0 spiro atoms. The Morgan fingerprint density at radius 1 is 1.20 bits per heavy atom. The molecule has 0 radical (unpaired) electrons. The molecule has 3 nitrogen and oxygen atoms in total. The predicted octanol–water partition coefficient (Wildman–Crippen LogP) is 1.57. The van der Waals surface area contributed by atoms with Crippen molar-refractivity contribution in [2.24, 2.45) is 0 Å². The number of hydrogen-bond donors (Lipinski definition) is 0. The van der Waals surface area contributed by atoms with E-state index in [1.165, 1.54) is 0 Å². The van der Waals surface area contributed by atoms with Crippen molar-refractivity contribution in [3.63, 3.8) is 0 Å². The molecule has 1 heterocycles. The minimum atomic E-state index is 0.0180. The summed E-state index contributed by atoms with van der Waals surface area (Å²) in [5.41, 5.74) is 1.21. The van der Waals surface area contributed by atoms with Crippen molar-refractivity contribution >= 4 is 5.91 Å². The molecule has 1 aliphatic rings. The lowest BCUT2D eigenvalue weighted by Crippen LogP contribution is -2.28. The summed E-state index contributed by atoms with van der Waals surface area (Å²) in [6.45, 7) is 1.36. The second kappa shape index (κ2) is 3.97. The molecule has 0 bridgehead atoms. The summed E-state index contributed by atoms with van der Waals surface area (Å²) < 4.78 is 0. The van der Waals surface area contributed by atoms with E-state index in [1.807, 2.05) is 18.2 Å². The summed E-state index contributed by atoms with van der Waals surface area (Å²) in [5, 5.41) is 8.62. The van der Waals surface area contributed by atoms with Crippen LogP contribution in [0.4, 0.5) is 0 Å². The quantitative estimate of drug-likeness (QED) is 0.643. The molecule has 0 aromatic heterocycles. The van der Waals surface area contributed by atoms with Crippen molar-refractivity contribution < 1.29 is 4.79 Å². The van der Waals surface area contributed by atoms with Gasteiger partial charge in [0.05, 0.1) is 11.6 Å². The molecule has 1 aliphatic heterocycles. The van der Waals surface area contributed by atoms with Gasteiger partial charge in [-0.15, -0.1) is 0 Å². The van der Waals surface area contributed by atoms with E-state index in [1.54, 1.807) is 29.2 Å². The van der Waals surface area contributed by atoms with Gasteiger partial charge >= 0.3 is 0 Å². The molecule has 3 heteroatoms. The van der Waals surface area contributed by atoms with Crippen LogP contribution in [0.5, 0.6) is 0 Å². The average molecular weight is 198 g/mol. The van der Waals surface area contributed by atoms with Crippen LogP contribution in [0, 0.1) is 11.3 Å². The summed E-state index contributed by atoms with van der Waals surface area (Å²) >= 11 is 0. The molecule has 0 saturated heterocycles. The van der Waals surface area contributed by atoms with Gasteiger partial charge in [-0.2, -0.15) is 5.26 Å². The Kier molecular flexibility index (Phi) is 2.51. The zero-order valence-electron chi connectivity index (χ0n) is 8.18. The molecule has 1 amide bonds. The summed E-state index contributed by atoms with van der Waals surface area (Å²) in [5.74, 6) is 0.0180. The summed E-state index contributed by atoms with van der Waals surface area (Å²) in [6, 6.07) is 8.74. The van der Waals surface area contributed by atoms with Gasteiger partial charge in [0.15, 0.2) is 0 Å². The van der Waals surface area contributed by atoms with E-state index in [2.05, 4.69) is 0 Å². The summed E-state index contributed by atoms with van der Waals surface area (Å²) in [7, 11) is 0. The second-order valence-electron chi connectivity index (χ2n) is 3.37. The first-order chi connectivity index (χ1) is 7.31. The monoisotopic (exact) mass is 198 g/mol. The maximum atomic E-state index is 11.8. The number of nitrogens with zero attached hydrogens (tertiary/aromatic N) is 2. The van der Waals surface area contributed by atoms with Crippen LogP contribution in [-0.2, 0) is 0 Å². The fraction of sp³-hybridized carbons (Fsp3) is 0.167. The molecule has 0 aliphatic carbocycles. The van der Waals surface area contributed by atoms with Gasteiger partial charge in [0.2, 0.25) is 0 Å². The van der Waals surface area contributed by atoms with Gasteiger partial charge in [-0.1, -0.05) is 12.2 Å². The lowest BCUT2D eigenvalue weighted by molar-refractivity contribution is 0.0800. The van der Waals surface area contributed by atoms with Gasteiger partial charge in [0.25, 0.3) is 5.91 Å². The molecule has 0 unspecified atom stereocenters. The Hall–Kier alpha value is -2.08. The lowest BCUT2D eigenvalue weighted by atomic mass is 10.1. The van der Waals surface area contributed by atoms with Crippen LogP contribution >= 0.6 is 0 Å². The normalized spacial score (nSPS) is 13.9. The topological polar surface area (TPSA) is 44.1 Å². The third-order valence-corrected chi connectivity index (χ3v) is 2.37. The fourth-order valence-corrected chi connectivity index (χ4v) is 1.51. The van der Waals surface area contributed by atoms with Crippen molar-refractivity contribution in [3.8, 4) is 6.07 Å². The molecule has 0 N–H and O–H groups in total. The summed E-state index contributed by atoms with van der Waals surface area (Å²) in [6.07, 6.45) is 3.95. The van der Waals surface area contributed by atoms with Crippen LogP contribution < -0.4 is 0 Å². The molecule has 0 atom stereocenters. The molecule has 15 heavy (non-hydrogen) atoms. The summed E-state index contributed by atoms with van der Waals surface area (Å²) in [4.78, 5) is 13.6. The van der Waals surface area contributed by atoms with Crippen molar-refractivity contribution in [1.82, 2.24) is 4.90 Å². The number of carbonyl (C=O) groups excluding carboxylic acids is 1. The molecule has 2 rings (SSSR count). The van der Waals surface area contributed by atoms with Gasteiger partial charge in [-0.3, -0.25) is 4.79 Å². The predicted molar refractivity (Wildman–Crippen MR) is 56.2 cm³/mol. The maximum Gasteiger partial charge on any atom is 0.254 e. The highest BCUT2D eigenvalue weighted by Gasteiger charge is 2.15. The number of amides is 1. The highest BCUT2D eigenvalue weighted by atomic mass is 16.2. The van der Waals surface area contributed by atoms with Crippen molar-refractivity contribution in [2.45, 2.75) is 0 Å². The average Bonchev–Trinajstić information content (AvgIpc) is 2.82. The van der Waals surface area contributed by atoms with E-state index in [0.29, 0.717) is 24.2 Å². The standard InChI is InChI=1S/C12H10N2O/c13-9-10-3-5-11(6-4-10)12(15)14-7-1-2-8-14/h1-6H,7-8H2. The van der Waals surface area contributed by atoms with E-state index in [9.17, 15) is 4.79 Å². The fourth-order valence-electron chi connectivity index (χ4n) is 1.51. The Morgan fingerprint density at radius 3 is 2.33 bits per heavy atom. The van der Waals surface area contributed by atoms with Gasteiger partial charge in [0, 0.05) is 18.7 Å². The maximum absolute atomic E-state index is 11.8. The van der Waals surface area contributed by atoms with Gasteiger partial charge in [-0.25, -0.2) is 0 Å². The molecule has 0 saturated carbocycles. The van der Waals surface area contributed by atoms with Crippen molar-refractivity contribution in [3.05, 3.63) is 47.5 Å². The van der Waals surface area contributed by atoms with Crippen molar-refractivity contribution in [2.75, 3.05) is 13.1 Å². The van der Waals surface area contributed by atoms with E-state index < -0.39 is 0 Å². The van der Waals surface area contributed by atoms with Crippen LogP contribution in [0.2, 0.25) is 0 Å². The van der Waals surface area contributed by atoms with E-state index in [4.69, 9.17) is 5.26 Å². The molecule has 1 aromatic carbocycles. The number of carbonyl (C=O) groups is 1. The van der Waals surface area contributed by atoms with E-state index >= 15 is 0 Å². The zero-order chi connectivity index (χ0) is 10.7. The van der Waals surface area contributed by atoms with Gasteiger partial charge < -0.3 is 4.90 Å². The van der Waals surface area contributed by atoms with E-state index in [0.717, 1.165) is 0 Å². The van der Waals surface area contributed by atoms with Crippen LogP contribution in [0.1, 0.15) is 15.9 Å². The highest BCUT2D eigenvalue weighted by Crippen LogP contribution is 2.09. The van der Waals surface area contributed by atoms with Gasteiger partial charge in [-0.05, 0) is 24.3 Å². The Labute approximate surface area is 88.2 Å². The lowest BCUT2D eigenvalue weighted by Gasteiger charge is -2.14. The highest BCUT2D eigenvalue weighted by molar-refractivity contribution is 5.94. The second-order valence-corrected chi connectivity index (χ2v) is 3.37. The third-order valence-electron chi connectivity index (χ3n) is 2.37. The molecule has 0 fully saturated rings. The smallest absolute Gasteiger partial charge is 0.254 e. The zero-order valence-corrected chi connectivity index (χ0v) is 8.18. The molecule has 1 aromatic rings. The van der Waals surface area contributed by atoms with Crippen LogP contribution in [0.3, 0.4) is 0 Å². The number of nitriles is 1. The first kappa shape index (κ1) is 9.47. The number of rotatable bonds is 1. The molecular weight excluding hydrogens is 188 g/mol. The number of benzene rings is 1. The molecule has 74 valence electrons. The minimum Gasteiger partial charge on any atom is -0.331 e. The van der Waals surface area contributed by atoms with Crippen LogP contribution in [0.15, 0.2) is 36.4 Å². The van der Waals surface area contributed by atoms with Crippen LogP contribution in [0.25, 0.3) is 0 Å². The SMILES string of the molecule is N#Cc1ccc(C(=O)N2CC=CC2)cc1. The van der Waals surface area contributed by atoms with Crippen molar-refractivity contribution in [1.29, 1.82) is 5.26 Å². The Morgan fingerprint density at radius 2 is 1.80 bits per heavy atom. The molecular formula is C12H10N2O. The van der Waals surface area contributed by atoms with Crippen LogP contribution in [-0.4, -0.2) is 23.9 Å². The minimum absolute atomic E-state index is 0.0180. The Balaban J connectivity index is 2.16. The largest absolute Gasteiger partial charge is 0.331 e. The first-order valence-corrected chi connectivity index (χ1v) is 4.75. The van der Waals surface area contributed by atoms with E-state index in [-0.39, 0.29) is 5.91 Å². The third kappa shape index (κ3) is 1.89.